The summed E-state index contributed by atoms with van der Waals surface area (Å²) >= 11 is 0. The Balaban J connectivity index is 2.16. The van der Waals surface area contributed by atoms with Crippen molar-refractivity contribution in [3.05, 3.63) is 46.8 Å². The molecule has 0 bridgehead atoms. The summed E-state index contributed by atoms with van der Waals surface area (Å²) in [5, 5.41) is 2.47. The summed E-state index contributed by atoms with van der Waals surface area (Å²) in [6.45, 7) is 3.47. The summed E-state index contributed by atoms with van der Waals surface area (Å²) < 4.78 is 50.7. The Kier molecular flexibility index (Phi) is 6.68. The first-order chi connectivity index (χ1) is 13.1. The van der Waals surface area contributed by atoms with Crippen LogP contribution in [0, 0.1) is 13.8 Å². The Hall–Kier alpha value is -3.01. The standard InChI is InChI=1S/C18H19F3N2O5/c1-10-14(17(25)27-8-7-26-3)11(2)22-15(10)16(24)23-12-5-4-6-13(9-12)28-18(19,20)21/h4-6,9,22H,7-8H2,1-3H3,(H,23,24). The van der Waals surface area contributed by atoms with E-state index in [1.807, 2.05) is 0 Å². The molecule has 7 nitrogen and oxygen atoms in total. The van der Waals surface area contributed by atoms with E-state index in [1.54, 1.807) is 13.8 Å². The summed E-state index contributed by atoms with van der Waals surface area (Å²) in [4.78, 5) is 27.5. The van der Waals surface area contributed by atoms with Crippen LogP contribution in [0.4, 0.5) is 18.9 Å². The number of hydrogen-bond donors (Lipinski definition) is 2. The fourth-order valence-electron chi connectivity index (χ4n) is 2.54. The molecule has 1 aromatic heterocycles. The molecular weight excluding hydrogens is 381 g/mol. The first-order valence-electron chi connectivity index (χ1n) is 8.14. The molecule has 0 fully saturated rings. The van der Waals surface area contributed by atoms with Gasteiger partial charge in [0.05, 0.1) is 12.2 Å². The van der Waals surface area contributed by atoms with Gasteiger partial charge in [0.2, 0.25) is 0 Å². The number of rotatable bonds is 7. The second kappa shape index (κ2) is 8.79. The van der Waals surface area contributed by atoms with Crippen LogP contribution in [0.5, 0.6) is 5.75 Å². The largest absolute Gasteiger partial charge is 0.573 e. The minimum atomic E-state index is -4.84. The smallest absolute Gasteiger partial charge is 0.460 e. The topological polar surface area (TPSA) is 89.7 Å². The Labute approximate surface area is 158 Å². The molecule has 0 unspecified atom stereocenters. The SMILES string of the molecule is COCCOC(=O)c1c(C)[nH]c(C(=O)Nc2cccc(OC(F)(F)F)c2)c1C. The number of alkyl halides is 3. The van der Waals surface area contributed by atoms with Crippen molar-refractivity contribution in [1.82, 2.24) is 4.98 Å². The maximum Gasteiger partial charge on any atom is 0.573 e. The molecule has 0 aliphatic heterocycles. The van der Waals surface area contributed by atoms with Crippen LogP contribution in [-0.4, -0.2) is 43.5 Å². The number of aryl methyl sites for hydroxylation is 1. The number of ether oxygens (including phenoxy) is 3. The number of halogens is 3. The number of methoxy groups -OCH3 is 1. The molecule has 1 amide bonds. The maximum absolute atomic E-state index is 12.5. The molecular formula is C18H19F3N2O5. The number of benzene rings is 1. The molecule has 1 aromatic carbocycles. The molecule has 0 spiro atoms. The molecule has 2 rings (SSSR count). The van der Waals surface area contributed by atoms with E-state index in [4.69, 9.17) is 9.47 Å². The van der Waals surface area contributed by atoms with Gasteiger partial charge < -0.3 is 24.5 Å². The lowest BCUT2D eigenvalue weighted by molar-refractivity contribution is -0.274. The van der Waals surface area contributed by atoms with Gasteiger partial charge in [0.15, 0.2) is 0 Å². The number of amides is 1. The van der Waals surface area contributed by atoms with Gasteiger partial charge in [-0.15, -0.1) is 13.2 Å². The van der Waals surface area contributed by atoms with Crippen LogP contribution in [0.15, 0.2) is 24.3 Å². The summed E-state index contributed by atoms with van der Waals surface area (Å²) in [5.74, 6) is -1.70. The first-order valence-corrected chi connectivity index (χ1v) is 8.14. The Morgan fingerprint density at radius 2 is 1.89 bits per heavy atom. The number of carbonyl (C=O) groups excluding carboxylic acids is 2. The zero-order valence-corrected chi connectivity index (χ0v) is 15.4. The second-order valence-electron chi connectivity index (χ2n) is 5.78. The van der Waals surface area contributed by atoms with Gasteiger partial charge in [0, 0.05) is 24.6 Å². The molecule has 1 heterocycles. The number of esters is 1. The first kappa shape index (κ1) is 21.3. The average molecular weight is 400 g/mol. The molecule has 0 radical (unpaired) electrons. The fourth-order valence-corrected chi connectivity index (χ4v) is 2.54. The maximum atomic E-state index is 12.5. The van der Waals surface area contributed by atoms with Crippen molar-refractivity contribution in [3.63, 3.8) is 0 Å². The number of nitrogens with one attached hydrogen (secondary N) is 2. The molecule has 2 N–H and O–H groups in total. The molecule has 0 saturated heterocycles. The van der Waals surface area contributed by atoms with Gasteiger partial charge in [-0.2, -0.15) is 0 Å². The molecule has 0 atom stereocenters. The lowest BCUT2D eigenvalue weighted by atomic mass is 10.1. The molecule has 2 aromatic rings. The Morgan fingerprint density at radius 1 is 1.18 bits per heavy atom. The molecule has 28 heavy (non-hydrogen) atoms. The van der Waals surface area contributed by atoms with Gasteiger partial charge in [-0.05, 0) is 31.5 Å². The molecule has 0 aliphatic rings. The fraction of sp³-hybridized carbons (Fsp3) is 0.333. The van der Waals surface area contributed by atoms with Crippen molar-refractivity contribution >= 4 is 17.6 Å². The normalized spacial score (nSPS) is 11.2. The van der Waals surface area contributed by atoms with E-state index in [2.05, 4.69) is 15.0 Å². The summed E-state index contributed by atoms with van der Waals surface area (Å²) in [7, 11) is 1.47. The monoisotopic (exact) mass is 400 g/mol. The number of aromatic nitrogens is 1. The van der Waals surface area contributed by atoms with Crippen LogP contribution in [0.1, 0.15) is 32.1 Å². The van der Waals surface area contributed by atoms with Crippen LogP contribution in [0.25, 0.3) is 0 Å². The van der Waals surface area contributed by atoms with Gasteiger partial charge in [-0.1, -0.05) is 6.07 Å². The van der Waals surface area contributed by atoms with Crippen molar-refractivity contribution in [2.45, 2.75) is 20.2 Å². The van der Waals surface area contributed by atoms with Crippen LogP contribution < -0.4 is 10.1 Å². The van der Waals surface area contributed by atoms with E-state index in [9.17, 15) is 22.8 Å². The highest BCUT2D eigenvalue weighted by Gasteiger charge is 2.31. The number of anilines is 1. The van der Waals surface area contributed by atoms with E-state index in [-0.39, 0.29) is 30.2 Å². The van der Waals surface area contributed by atoms with E-state index >= 15 is 0 Å². The molecule has 10 heteroatoms. The highest BCUT2D eigenvalue weighted by Crippen LogP contribution is 2.26. The van der Waals surface area contributed by atoms with Crippen molar-refractivity contribution in [3.8, 4) is 5.75 Å². The highest BCUT2D eigenvalue weighted by atomic mass is 19.4. The average Bonchev–Trinajstić information content (AvgIpc) is 2.88. The molecule has 0 aliphatic carbocycles. The zero-order valence-electron chi connectivity index (χ0n) is 15.4. The third kappa shape index (κ3) is 5.49. The summed E-state index contributed by atoms with van der Waals surface area (Å²) in [6, 6.07) is 4.87. The predicted octanol–water partition coefficient (Wildman–Crippen LogP) is 3.59. The minimum Gasteiger partial charge on any atom is -0.460 e. The zero-order chi connectivity index (χ0) is 20.9. The number of hydrogen-bond acceptors (Lipinski definition) is 5. The van der Waals surface area contributed by atoms with E-state index in [1.165, 1.54) is 19.2 Å². The van der Waals surface area contributed by atoms with Crippen molar-refractivity contribution in [1.29, 1.82) is 0 Å². The summed E-state index contributed by atoms with van der Waals surface area (Å²) in [6.07, 6.45) is -4.84. The van der Waals surface area contributed by atoms with Gasteiger partial charge in [0.1, 0.15) is 18.1 Å². The highest BCUT2D eigenvalue weighted by molar-refractivity contribution is 6.06. The van der Waals surface area contributed by atoms with E-state index in [0.717, 1.165) is 12.1 Å². The number of carbonyl (C=O) groups is 2. The molecule has 0 saturated carbocycles. The van der Waals surface area contributed by atoms with Gasteiger partial charge in [0.25, 0.3) is 5.91 Å². The summed E-state index contributed by atoms with van der Waals surface area (Å²) in [5.41, 5.74) is 1.20. The van der Waals surface area contributed by atoms with Crippen LogP contribution in [0.2, 0.25) is 0 Å². The van der Waals surface area contributed by atoms with Crippen molar-refractivity contribution in [2.24, 2.45) is 0 Å². The van der Waals surface area contributed by atoms with Crippen molar-refractivity contribution in [2.75, 3.05) is 25.6 Å². The lowest BCUT2D eigenvalue weighted by Gasteiger charge is -2.10. The van der Waals surface area contributed by atoms with Gasteiger partial charge in [-0.25, -0.2) is 4.79 Å². The quantitative estimate of drug-likeness (QED) is 0.548. The number of H-pyrrole nitrogens is 1. The van der Waals surface area contributed by atoms with Crippen LogP contribution >= 0.6 is 0 Å². The molecule has 152 valence electrons. The van der Waals surface area contributed by atoms with Gasteiger partial charge >= 0.3 is 12.3 Å². The van der Waals surface area contributed by atoms with E-state index < -0.39 is 24.0 Å². The third-order valence-corrected chi connectivity index (χ3v) is 3.71. The third-order valence-electron chi connectivity index (χ3n) is 3.71. The van der Waals surface area contributed by atoms with Crippen LogP contribution in [0.3, 0.4) is 0 Å². The predicted molar refractivity (Wildman–Crippen MR) is 93.5 cm³/mol. The second-order valence-corrected chi connectivity index (χ2v) is 5.78. The van der Waals surface area contributed by atoms with Crippen LogP contribution in [-0.2, 0) is 9.47 Å². The Morgan fingerprint density at radius 3 is 2.54 bits per heavy atom. The Bertz CT molecular complexity index is 861. The van der Waals surface area contributed by atoms with Crippen molar-refractivity contribution < 1.29 is 37.0 Å². The lowest BCUT2D eigenvalue weighted by Crippen LogP contribution is -2.18. The van der Waals surface area contributed by atoms with Gasteiger partial charge in [-0.3, -0.25) is 4.79 Å². The number of aromatic amines is 1. The van der Waals surface area contributed by atoms with E-state index in [0.29, 0.717) is 11.3 Å². The minimum absolute atomic E-state index is 0.0624.